The molecule has 0 aliphatic heterocycles. The Hall–Kier alpha value is -1.57. The fourth-order valence-corrected chi connectivity index (χ4v) is 1.14. The molecule has 0 radical (unpaired) electrons. The average Bonchev–Trinajstić information content (AvgIpc) is 2.72. The summed E-state index contributed by atoms with van der Waals surface area (Å²) in [7, 11) is -8.66. The fourth-order valence-electron chi connectivity index (χ4n) is 1.14. The van der Waals surface area contributed by atoms with Crippen LogP contribution >= 0.6 is 7.81 Å². The van der Waals surface area contributed by atoms with Gasteiger partial charge in [0.2, 0.25) is 6.33 Å². The van der Waals surface area contributed by atoms with E-state index in [-0.39, 0.29) is 0 Å². The van der Waals surface area contributed by atoms with Crippen LogP contribution in [0, 0.1) is 0 Å². The number of aromatic nitrogens is 4. The molecule has 2 heterocycles. The third kappa shape index (κ3) is 10.1. The Bertz CT molecular complexity index is 517. The summed E-state index contributed by atoms with van der Waals surface area (Å²) in [5, 5.41) is 4.11. The zero-order chi connectivity index (χ0) is 14.8. The van der Waals surface area contributed by atoms with Crippen LogP contribution in [0.15, 0.2) is 37.2 Å². The number of nitrogens with zero attached hydrogens (tertiary/aromatic N) is 4. The van der Waals surface area contributed by atoms with Crippen molar-refractivity contribution in [3.63, 3.8) is 0 Å². The molecule has 2 aromatic heterocycles. The summed E-state index contributed by atoms with van der Waals surface area (Å²) in [6, 6.07) is 1.92. The molecule has 19 heavy (non-hydrogen) atoms. The molecule has 0 atom stereocenters. The second-order valence-electron chi connectivity index (χ2n) is 3.74. The van der Waals surface area contributed by atoms with Crippen molar-refractivity contribution in [3.8, 4) is 0 Å². The zero-order valence-electron chi connectivity index (χ0n) is 9.68. The summed E-state index contributed by atoms with van der Waals surface area (Å²) >= 11 is 0. The van der Waals surface area contributed by atoms with Crippen LogP contribution in [0.4, 0.5) is 25.2 Å². The van der Waals surface area contributed by atoms with E-state index in [2.05, 4.69) is 9.67 Å². The van der Waals surface area contributed by atoms with Crippen molar-refractivity contribution >= 4 is 7.81 Å². The zero-order valence-corrected chi connectivity index (χ0v) is 10.6. The summed E-state index contributed by atoms with van der Waals surface area (Å²) in [5.41, 5.74) is 0. The molecule has 2 aromatic rings. The number of imidazole rings is 1. The average molecular weight is 308 g/mol. The summed E-state index contributed by atoms with van der Waals surface area (Å²) in [6.45, 7) is 0.772. The standard InChI is InChI=1S/C8H11N4.F6P/c1-10-5-6-11(7-10)8-12-4-2-3-9-12;1-7(2,3,4,5)6/h2-7H,8H2,1H3;/q+1;-1. The fraction of sp³-hybridized carbons (Fsp3) is 0.250. The molecular weight excluding hydrogens is 297 g/mol. The molecule has 0 aromatic carbocycles. The van der Waals surface area contributed by atoms with Gasteiger partial charge < -0.3 is 0 Å². The van der Waals surface area contributed by atoms with Gasteiger partial charge in [0, 0.05) is 12.4 Å². The summed E-state index contributed by atoms with van der Waals surface area (Å²) < 4.78 is 65.1. The molecule has 0 spiro atoms. The number of hydrogen-bond donors (Lipinski definition) is 0. The Balaban J connectivity index is 0.000000224. The predicted molar refractivity (Wildman–Crippen MR) is 56.8 cm³/mol. The first kappa shape index (κ1) is 15.5. The van der Waals surface area contributed by atoms with E-state index in [1.165, 1.54) is 0 Å². The Morgan fingerprint density at radius 1 is 1.11 bits per heavy atom. The normalized spacial score (nSPS) is 15.1. The number of hydrogen-bond acceptors (Lipinski definition) is 1. The maximum atomic E-state index is 9.87. The van der Waals surface area contributed by atoms with Crippen LogP contribution in [-0.4, -0.2) is 14.3 Å². The topological polar surface area (TPSA) is 26.6 Å². The van der Waals surface area contributed by atoms with Gasteiger partial charge in [-0.25, -0.2) is 13.8 Å². The molecule has 4 nitrogen and oxygen atoms in total. The van der Waals surface area contributed by atoms with E-state index >= 15 is 0 Å². The Morgan fingerprint density at radius 2 is 1.68 bits per heavy atom. The van der Waals surface area contributed by atoms with E-state index in [4.69, 9.17) is 0 Å². The second kappa shape index (κ2) is 4.22. The first-order valence-electron chi connectivity index (χ1n) is 4.84. The van der Waals surface area contributed by atoms with Gasteiger partial charge in [-0.2, -0.15) is 5.10 Å². The molecule has 0 saturated heterocycles. The minimum absolute atomic E-state index is 0.772. The molecule has 0 unspecified atom stereocenters. The van der Waals surface area contributed by atoms with Crippen LogP contribution < -0.4 is 4.57 Å². The van der Waals surface area contributed by atoms with E-state index in [1.54, 1.807) is 6.20 Å². The van der Waals surface area contributed by atoms with E-state index in [0.29, 0.717) is 0 Å². The minimum atomic E-state index is -10.7. The SMILES string of the molecule is C[n+]1ccn(Cn2cccn2)c1.F[P-](F)(F)(F)(F)F. The molecule has 0 aliphatic rings. The Kier molecular flexibility index (Phi) is 3.44. The molecule has 0 saturated carbocycles. The van der Waals surface area contributed by atoms with Crippen molar-refractivity contribution < 1.29 is 29.7 Å². The first-order chi connectivity index (χ1) is 8.29. The van der Waals surface area contributed by atoms with Crippen LogP contribution in [0.1, 0.15) is 0 Å². The van der Waals surface area contributed by atoms with Crippen molar-refractivity contribution in [2.75, 3.05) is 0 Å². The molecule has 0 fully saturated rings. The van der Waals surface area contributed by atoms with Crippen LogP contribution in [0.25, 0.3) is 0 Å². The van der Waals surface area contributed by atoms with Gasteiger partial charge in [0.05, 0.1) is 7.05 Å². The van der Waals surface area contributed by atoms with Gasteiger partial charge in [-0.05, 0) is 6.07 Å². The second-order valence-corrected chi connectivity index (χ2v) is 5.66. The molecule has 0 amide bonds. The summed E-state index contributed by atoms with van der Waals surface area (Å²) in [5.74, 6) is 0. The molecule has 0 N–H and O–H groups in total. The molecule has 11 heteroatoms. The summed E-state index contributed by atoms with van der Waals surface area (Å²) in [6.07, 6.45) is 9.76. The Morgan fingerprint density at radius 3 is 2.05 bits per heavy atom. The van der Waals surface area contributed by atoms with E-state index in [9.17, 15) is 25.2 Å². The van der Waals surface area contributed by atoms with Crippen molar-refractivity contribution in [1.82, 2.24) is 14.3 Å². The van der Waals surface area contributed by atoms with Crippen LogP contribution in [0.2, 0.25) is 0 Å². The number of aryl methyl sites for hydroxylation is 1. The quantitative estimate of drug-likeness (QED) is 0.474. The monoisotopic (exact) mass is 308 g/mol. The molecule has 0 aliphatic carbocycles. The predicted octanol–water partition coefficient (Wildman–Crippen LogP) is 3.40. The third-order valence-corrected chi connectivity index (χ3v) is 1.69. The summed E-state index contributed by atoms with van der Waals surface area (Å²) in [4.78, 5) is 0. The van der Waals surface area contributed by atoms with Crippen LogP contribution in [0.5, 0.6) is 0 Å². The van der Waals surface area contributed by atoms with Gasteiger partial charge in [-0.3, -0.25) is 0 Å². The molecule has 0 bridgehead atoms. The van der Waals surface area contributed by atoms with Crippen molar-refractivity contribution in [3.05, 3.63) is 37.2 Å². The van der Waals surface area contributed by atoms with Gasteiger partial charge in [-0.1, -0.05) is 0 Å². The van der Waals surface area contributed by atoms with Gasteiger partial charge in [-0.15, -0.1) is 0 Å². The van der Waals surface area contributed by atoms with E-state index in [0.717, 1.165) is 6.67 Å². The van der Waals surface area contributed by atoms with E-state index in [1.807, 2.05) is 47.3 Å². The van der Waals surface area contributed by atoms with Gasteiger partial charge in [0.15, 0.2) is 6.67 Å². The molecule has 110 valence electrons. The molecule has 2 rings (SSSR count). The van der Waals surface area contributed by atoms with Crippen molar-refractivity contribution in [2.45, 2.75) is 6.67 Å². The number of halogens is 6. The first-order valence-corrected chi connectivity index (χ1v) is 6.87. The maximum absolute atomic E-state index is 10.7. The van der Waals surface area contributed by atoms with Crippen molar-refractivity contribution in [2.24, 2.45) is 7.05 Å². The Labute approximate surface area is 104 Å². The number of rotatable bonds is 2. The van der Waals surface area contributed by atoms with Crippen LogP contribution in [0.3, 0.4) is 0 Å². The van der Waals surface area contributed by atoms with Gasteiger partial charge in [0.25, 0.3) is 0 Å². The molecular formula is C8H11F6N4P. The van der Waals surface area contributed by atoms with Crippen molar-refractivity contribution in [1.29, 1.82) is 0 Å². The van der Waals surface area contributed by atoms with E-state index < -0.39 is 7.81 Å². The van der Waals surface area contributed by atoms with Gasteiger partial charge in [0.1, 0.15) is 12.4 Å². The third-order valence-electron chi connectivity index (χ3n) is 1.69. The van der Waals surface area contributed by atoms with Gasteiger partial charge >= 0.3 is 33.0 Å². The van der Waals surface area contributed by atoms with Crippen LogP contribution in [-0.2, 0) is 13.7 Å².